The highest BCUT2D eigenvalue weighted by atomic mass is 32.1. The van der Waals surface area contributed by atoms with E-state index in [4.69, 9.17) is 0 Å². The molecule has 0 radical (unpaired) electrons. The molecule has 1 aliphatic carbocycles. The molecule has 0 aliphatic heterocycles. The van der Waals surface area contributed by atoms with Gasteiger partial charge in [0.1, 0.15) is 0 Å². The molecule has 5 heteroatoms. The average Bonchev–Trinajstić information content (AvgIpc) is 3.14. The lowest BCUT2D eigenvalue weighted by molar-refractivity contribution is -0.116. The molecule has 0 spiro atoms. The Morgan fingerprint density at radius 2 is 1.96 bits per heavy atom. The molecule has 1 aromatic heterocycles. The van der Waals surface area contributed by atoms with Crippen molar-refractivity contribution in [1.29, 1.82) is 0 Å². The van der Waals surface area contributed by atoms with Crippen LogP contribution in [-0.4, -0.2) is 18.4 Å². The maximum Gasteiger partial charge on any atom is 0.261 e. The topological polar surface area (TPSA) is 58.2 Å². The van der Waals surface area contributed by atoms with Gasteiger partial charge in [0.25, 0.3) is 5.91 Å². The number of nitrogens with one attached hydrogen (secondary N) is 2. The first kappa shape index (κ1) is 16.7. The zero-order valence-electron chi connectivity index (χ0n) is 13.6. The van der Waals surface area contributed by atoms with E-state index in [1.807, 2.05) is 23.6 Å². The minimum Gasteiger partial charge on any atom is -0.351 e. The van der Waals surface area contributed by atoms with Crippen LogP contribution in [0.2, 0.25) is 0 Å². The average molecular weight is 342 g/mol. The fourth-order valence-electron chi connectivity index (χ4n) is 3.06. The summed E-state index contributed by atoms with van der Waals surface area (Å²) in [6, 6.07) is 9.81. The number of fused-ring (bicyclic) bond motifs is 1. The molecule has 126 valence electrons. The molecule has 0 bridgehead atoms. The summed E-state index contributed by atoms with van der Waals surface area (Å²) in [6.45, 7) is 0.511. The summed E-state index contributed by atoms with van der Waals surface area (Å²) in [7, 11) is 0. The molecule has 0 saturated carbocycles. The standard InChI is InChI=1S/C19H22N2O2S/c22-18(11-4-12-20-19(23)17-10-5-13-24-17)21-16-9-3-7-14-6-1-2-8-15(14)16/h3,5,7,9-10,13H,1-2,4,6,8,11-12H2,(H,20,23)(H,21,22). The fraction of sp³-hybridized carbons (Fsp3) is 0.368. The molecule has 24 heavy (non-hydrogen) atoms. The van der Waals surface area contributed by atoms with Crippen molar-refractivity contribution in [2.45, 2.75) is 38.5 Å². The Kier molecular flexibility index (Phi) is 5.64. The Bertz CT molecular complexity index is 710. The van der Waals surface area contributed by atoms with E-state index in [1.54, 1.807) is 6.07 Å². The van der Waals surface area contributed by atoms with Crippen LogP contribution < -0.4 is 10.6 Å². The van der Waals surface area contributed by atoms with Gasteiger partial charge >= 0.3 is 0 Å². The maximum atomic E-state index is 12.1. The Morgan fingerprint density at radius 3 is 2.79 bits per heavy atom. The van der Waals surface area contributed by atoms with Crippen molar-refractivity contribution in [3.63, 3.8) is 0 Å². The molecule has 0 unspecified atom stereocenters. The van der Waals surface area contributed by atoms with Crippen LogP contribution in [0.25, 0.3) is 0 Å². The van der Waals surface area contributed by atoms with Crippen LogP contribution in [0.5, 0.6) is 0 Å². The number of hydrogen-bond donors (Lipinski definition) is 2. The highest BCUT2D eigenvalue weighted by molar-refractivity contribution is 7.12. The molecule has 2 amide bonds. The van der Waals surface area contributed by atoms with E-state index in [-0.39, 0.29) is 11.8 Å². The number of amides is 2. The highest BCUT2D eigenvalue weighted by Gasteiger charge is 2.14. The van der Waals surface area contributed by atoms with Gasteiger partial charge < -0.3 is 10.6 Å². The van der Waals surface area contributed by atoms with Gasteiger partial charge in [-0.25, -0.2) is 0 Å². The van der Waals surface area contributed by atoms with Gasteiger partial charge in [-0.3, -0.25) is 9.59 Å². The largest absolute Gasteiger partial charge is 0.351 e. The summed E-state index contributed by atoms with van der Waals surface area (Å²) in [5.41, 5.74) is 3.62. The van der Waals surface area contributed by atoms with Crippen LogP contribution in [0.1, 0.15) is 46.5 Å². The summed E-state index contributed by atoms with van der Waals surface area (Å²) in [5, 5.41) is 7.76. The van der Waals surface area contributed by atoms with E-state index in [0.29, 0.717) is 24.3 Å². The van der Waals surface area contributed by atoms with Gasteiger partial charge in [-0.2, -0.15) is 0 Å². The number of hydrogen-bond acceptors (Lipinski definition) is 3. The van der Waals surface area contributed by atoms with Gasteiger partial charge in [-0.15, -0.1) is 11.3 Å². The molecule has 2 N–H and O–H groups in total. The minimum atomic E-state index is -0.0671. The second-order valence-electron chi connectivity index (χ2n) is 6.04. The van der Waals surface area contributed by atoms with Crippen molar-refractivity contribution in [2.24, 2.45) is 0 Å². The smallest absolute Gasteiger partial charge is 0.261 e. The first-order valence-corrected chi connectivity index (χ1v) is 9.34. The van der Waals surface area contributed by atoms with E-state index < -0.39 is 0 Å². The summed E-state index contributed by atoms with van der Waals surface area (Å²) in [6.07, 6.45) is 5.62. The van der Waals surface area contributed by atoms with Crippen LogP contribution >= 0.6 is 11.3 Å². The number of rotatable bonds is 6. The van der Waals surface area contributed by atoms with Gasteiger partial charge in [-0.05, 0) is 60.7 Å². The van der Waals surface area contributed by atoms with Crippen molar-refractivity contribution >= 4 is 28.8 Å². The van der Waals surface area contributed by atoms with E-state index in [2.05, 4.69) is 16.7 Å². The Labute approximate surface area is 146 Å². The first-order chi connectivity index (χ1) is 11.7. The van der Waals surface area contributed by atoms with Crippen molar-refractivity contribution in [2.75, 3.05) is 11.9 Å². The molecule has 4 nitrogen and oxygen atoms in total. The lowest BCUT2D eigenvalue weighted by Crippen LogP contribution is -2.24. The molecule has 2 aromatic rings. The number of carbonyl (C=O) groups excluding carboxylic acids is 2. The lowest BCUT2D eigenvalue weighted by Gasteiger charge is -2.19. The summed E-state index contributed by atoms with van der Waals surface area (Å²) < 4.78 is 0. The van der Waals surface area contributed by atoms with Crippen LogP contribution in [0.15, 0.2) is 35.7 Å². The van der Waals surface area contributed by atoms with Crippen molar-refractivity contribution in [3.05, 3.63) is 51.7 Å². The molecule has 1 aromatic carbocycles. The second-order valence-corrected chi connectivity index (χ2v) is 6.98. The Hall–Kier alpha value is -2.14. The molecule has 1 aliphatic rings. The number of benzene rings is 1. The third-order valence-electron chi connectivity index (χ3n) is 4.28. The molecule has 0 atom stereocenters. The van der Waals surface area contributed by atoms with Gasteiger partial charge in [0.05, 0.1) is 4.88 Å². The second kappa shape index (κ2) is 8.11. The molecule has 0 saturated heterocycles. The van der Waals surface area contributed by atoms with E-state index in [1.165, 1.54) is 35.3 Å². The summed E-state index contributed by atoms with van der Waals surface area (Å²) in [5.74, 6) is -0.0538. The Balaban J connectivity index is 1.44. The quantitative estimate of drug-likeness (QED) is 0.785. The number of thiophene rings is 1. The number of anilines is 1. The van der Waals surface area contributed by atoms with Gasteiger partial charge in [0.15, 0.2) is 0 Å². The van der Waals surface area contributed by atoms with Crippen molar-refractivity contribution in [1.82, 2.24) is 5.32 Å². The SMILES string of the molecule is O=C(CCCNC(=O)c1cccs1)Nc1cccc2c1CCCC2. The zero-order valence-corrected chi connectivity index (χ0v) is 14.5. The molecule has 3 rings (SSSR count). The van der Waals surface area contributed by atoms with E-state index in [0.717, 1.165) is 18.5 Å². The minimum absolute atomic E-state index is 0.0133. The Morgan fingerprint density at radius 1 is 1.08 bits per heavy atom. The predicted octanol–water partition coefficient (Wildman–Crippen LogP) is 3.78. The molecule has 0 fully saturated rings. The summed E-state index contributed by atoms with van der Waals surface area (Å²) in [4.78, 5) is 24.7. The third-order valence-corrected chi connectivity index (χ3v) is 5.15. The lowest BCUT2D eigenvalue weighted by atomic mass is 9.90. The van der Waals surface area contributed by atoms with E-state index >= 15 is 0 Å². The zero-order chi connectivity index (χ0) is 16.8. The van der Waals surface area contributed by atoms with Crippen LogP contribution in [-0.2, 0) is 17.6 Å². The molecular weight excluding hydrogens is 320 g/mol. The molecule has 1 heterocycles. The number of aryl methyl sites for hydroxylation is 1. The fourth-order valence-corrected chi connectivity index (χ4v) is 3.70. The van der Waals surface area contributed by atoms with Gasteiger partial charge in [0.2, 0.25) is 5.91 Å². The number of carbonyl (C=O) groups is 2. The van der Waals surface area contributed by atoms with Crippen LogP contribution in [0, 0.1) is 0 Å². The van der Waals surface area contributed by atoms with Crippen molar-refractivity contribution in [3.8, 4) is 0 Å². The first-order valence-electron chi connectivity index (χ1n) is 8.46. The van der Waals surface area contributed by atoms with Crippen LogP contribution in [0.3, 0.4) is 0 Å². The predicted molar refractivity (Wildman–Crippen MR) is 97.6 cm³/mol. The normalized spacial score (nSPS) is 13.2. The summed E-state index contributed by atoms with van der Waals surface area (Å²) >= 11 is 1.42. The van der Waals surface area contributed by atoms with Gasteiger partial charge in [0, 0.05) is 18.7 Å². The maximum absolute atomic E-state index is 12.1. The highest BCUT2D eigenvalue weighted by Crippen LogP contribution is 2.27. The van der Waals surface area contributed by atoms with Crippen LogP contribution in [0.4, 0.5) is 5.69 Å². The van der Waals surface area contributed by atoms with Gasteiger partial charge in [-0.1, -0.05) is 18.2 Å². The van der Waals surface area contributed by atoms with E-state index in [9.17, 15) is 9.59 Å². The third kappa shape index (κ3) is 4.23. The van der Waals surface area contributed by atoms with Crippen molar-refractivity contribution < 1.29 is 9.59 Å². The molecular formula is C19H22N2O2S. The monoisotopic (exact) mass is 342 g/mol.